The van der Waals surface area contributed by atoms with Crippen LogP contribution in [0.15, 0.2) is 0 Å². The van der Waals surface area contributed by atoms with Crippen LogP contribution in [0.2, 0.25) is 5.28 Å². The minimum absolute atomic E-state index is 0.0744. The highest BCUT2D eigenvalue weighted by Gasteiger charge is 2.05. The minimum Gasteiger partial charge on any atom is -0.358 e. The van der Waals surface area contributed by atoms with Gasteiger partial charge in [0.15, 0.2) is 0 Å². The number of nitrogens with one attached hydrogen (secondary N) is 3. The van der Waals surface area contributed by atoms with Crippen LogP contribution in [0.4, 0.5) is 11.9 Å². The number of anilines is 2. The molecular formula is C8H13ClN6O. The van der Waals surface area contributed by atoms with E-state index in [1.54, 1.807) is 7.05 Å². The first kappa shape index (κ1) is 12.4. The molecule has 0 radical (unpaired) electrons. The van der Waals surface area contributed by atoms with Crippen molar-refractivity contribution in [3.05, 3.63) is 5.28 Å². The Morgan fingerprint density at radius 3 is 2.44 bits per heavy atom. The monoisotopic (exact) mass is 244 g/mol. The summed E-state index contributed by atoms with van der Waals surface area (Å²) in [5, 5.41) is 8.18. The van der Waals surface area contributed by atoms with Crippen molar-refractivity contribution in [2.45, 2.75) is 6.92 Å². The molecule has 16 heavy (non-hydrogen) atoms. The average molecular weight is 245 g/mol. The van der Waals surface area contributed by atoms with Crippen molar-refractivity contribution in [1.29, 1.82) is 0 Å². The third kappa shape index (κ3) is 3.85. The molecule has 0 bridgehead atoms. The van der Waals surface area contributed by atoms with Gasteiger partial charge in [0, 0.05) is 13.6 Å². The van der Waals surface area contributed by atoms with Crippen molar-refractivity contribution in [2.75, 3.05) is 30.8 Å². The van der Waals surface area contributed by atoms with Gasteiger partial charge in [-0.15, -0.1) is 0 Å². The Kier molecular flexibility index (Phi) is 4.71. The van der Waals surface area contributed by atoms with Crippen LogP contribution < -0.4 is 16.0 Å². The maximum atomic E-state index is 11.0. The van der Waals surface area contributed by atoms with Crippen LogP contribution in [0, 0.1) is 0 Å². The molecule has 7 nitrogen and oxygen atoms in total. The van der Waals surface area contributed by atoms with Crippen LogP contribution in [0.25, 0.3) is 0 Å². The Hall–Kier alpha value is -1.63. The number of amides is 1. The fourth-order valence-corrected chi connectivity index (χ4v) is 1.07. The van der Waals surface area contributed by atoms with Gasteiger partial charge in [-0.25, -0.2) is 0 Å². The molecule has 1 heterocycles. The highest BCUT2D eigenvalue weighted by atomic mass is 35.5. The summed E-state index contributed by atoms with van der Waals surface area (Å²) in [6.45, 7) is 2.67. The number of hydrogen-bond donors (Lipinski definition) is 3. The van der Waals surface area contributed by atoms with Crippen LogP contribution in [0.3, 0.4) is 0 Å². The van der Waals surface area contributed by atoms with Crippen molar-refractivity contribution < 1.29 is 4.79 Å². The molecule has 0 aliphatic heterocycles. The molecule has 0 saturated carbocycles. The first-order chi connectivity index (χ1) is 7.65. The number of carbonyl (C=O) groups excluding carboxylic acids is 1. The highest BCUT2D eigenvalue weighted by molar-refractivity contribution is 6.28. The summed E-state index contributed by atoms with van der Waals surface area (Å²) >= 11 is 5.69. The maximum absolute atomic E-state index is 11.0. The molecule has 1 rings (SSSR count). The largest absolute Gasteiger partial charge is 0.358 e. The van der Waals surface area contributed by atoms with Gasteiger partial charge in [0.25, 0.3) is 0 Å². The Morgan fingerprint density at radius 1 is 1.25 bits per heavy atom. The first-order valence-corrected chi connectivity index (χ1v) is 5.13. The van der Waals surface area contributed by atoms with E-state index in [2.05, 4.69) is 30.9 Å². The van der Waals surface area contributed by atoms with Gasteiger partial charge in [0.2, 0.25) is 23.1 Å². The normalized spacial score (nSPS) is 9.69. The van der Waals surface area contributed by atoms with Gasteiger partial charge in [-0.3, -0.25) is 4.79 Å². The van der Waals surface area contributed by atoms with Crippen molar-refractivity contribution in [3.63, 3.8) is 0 Å². The summed E-state index contributed by atoms with van der Waals surface area (Å²) in [5.41, 5.74) is 0. The fraction of sp³-hybridized carbons (Fsp3) is 0.500. The first-order valence-electron chi connectivity index (χ1n) is 4.75. The van der Waals surface area contributed by atoms with Gasteiger partial charge < -0.3 is 16.0 Å². The van der Waals surface area contributed by atoms with Crippen LogP contribution in [-0.2, 0) is 4.79 Å². The molecular weight excluding hydrogens is 232 g/mol. The zero-order chi connectivity index (χ0) is 12.0. The van der Waals surface area contributed by atoms with E-state index in [-0.39, 0.29) is 23.7 Å². The Labute approximate surface area is 98.0 Å². The summed E-state index contributed by atoms with van der Waals surface area (Å²) in [5.74, 6) is 0.475. The second kappa shape index (κ2) is 6.06. The molecule has 0 unspecified atom stereocenters. The lowest BCUT2D eigenvalue weighted by Crippen LogP contribution is -2.26. The van der Waals surface area contributed by atoms with E-state index < -0.39 is 0 Å². The SMILES string of the molecule is CCNc1nc(Cl)nc(NCC(=O)NC)n1. The molecule has 0 saturated heterocycles. The number of likely N-dealkylation sites (N-methyl/N-ethyl adjacent to an activating group) is 1. The quantitative estimate of drug-likeness (QED) is 0.681. The number of rotatable bonds is 5. The van der Waals surface area contributed by atoms with Crippen LogP contribution in [0.5, 0.6) is 0 Å². The number of aromatic nitrogens is 3. The molecule has 1 aromatic heterocycles. The van der Waals surface area contributed by atoms with Crippen molar-refractivity contribution in [3.8, 4) is 0 Å². The van der Waals surface area contributed by atoms with Gasteiger partial charge in [0.05, 0.1) is 6.54 Å². The van der Waals surface area contributed by atoms with Gasteiger partial charge in [-0.1, -0.05) is 0 Å². The zero-order valence-corrected chi connectivity index (χ0v) is 9.80. The summed E-state index contributed by atoms with van der Waals surface area (Å²) in [6, 6.07) is 0. The number of nitrogens with zero attached hydrogens (tertiary/aromatic N) is 3. The lowest BCUT2D eigenvalue weighted by molar-refractivity contribution is -0.118. The fourth-order valence-electron chi connectivity index (χ4n) is 0.914. The molecule has 0 aliphatic carbocycles. The van der Waals surface area contributed by atoms with Crippen molar-refractivity contribution in [2.24, 2.45) is 0 Å². The summed E-state index contributed by atoms with van der Waals surface area (Å²) in [4.78, 5) is 22.7. The molecule has 88 valence electrons. The summed E-state index contributed by atoms with van der Waals surface area (Å²) in [7, 11) is 1.55. The van der Waals surface area contributed by atoms with E-state index in [0.29, 0.717) is 12.5 Å². The summed E-state index contributed by atoms with van der Waals surface area (Å²) in [6.07, 6.45) is 0. The molecule has 0 aliphatic rings. The molecule has 0 atom stereocenters. The second-order valence-corrected chi connectivity index (χ2v) is 3.15. The molecule has 0 spiro atoms. The van der Waals surface area contributed by atoms with E-state index in [0.717, 1.165) is 0 Å². The molecule has 0 aromatic carbocycles. The van der Waals surface area contributed by atoms with E-state index >= 15 is 0 Å². The molecule has 1 aromatic rings. The maximum Gasteiger partial charge on any atom is 0.239 e. The van der Waals surface area contributed by atoms with Gasteiger partial charge in [0.1, 0.15) is 0 Å². The second-order valence-electron chi connectivity index (χ2n) is 2.81. The van der Waals surface area contributed by atoms with Crippen molar-refractivity contribution >= 4 is 29.4 Å². The number of carbonyl (C=O) groups is 1. The number of halogens is 1. The van der Waals surface area contributed by atoms with Crippen LogP contribution in [-0.4, -0.2) is 41.0 Å². The van der Waals surface area contributed by atoms with E-state index in [4.69, 9.17) is 11.6 Å². The molecule has 1 amide bonds. The lowest BCUT2D eigenvalue weighted by atomic mass is 10.6. The van der Waals surface area contributed by atoms with E-state index in [1.165, 1.54) is 0 Å². The smallest absolute Gasteiger partial charge is 0.239 e. The average Bonchev–Trinajstić information content (AvgIpc) is 2.25. The van der Waals surface area contributed by atoms with E-state index in [1.807, 2.05) is 6.92 Å². The third-order valence-electron chi connectivity index (χ3n) is 1.63. The van der Waals surface area contributed by atoms with Gasteiger partial charge in [-0.05, 0) is 18.5 Å². The molecule has 3 N–H and O–H groups in total. The predicted molar refractivity (Wildman–Crippen MR) is 61.6 cm³/mol. The predicted octanol–water partition coefficient (Wildman–Crippen LogP) is 0.115. The Balaban J connectivity index is 2.68. The lowest BCUT2D eigenvalue weighted by Gasteiger charge is -2.06. The Morgan fingerprint density at radius 2 is 1.88 bits per heavy atom. The van der Waals surface area contributed by atoms with Crippen LogP contribution >= 0.6 is 11.6 Å². The zero-order valence-electron chi connectivity index (χ0n) is 9.04. The van der Waals surface area contributed by atoms with Crippen molar-refractivity contribution in [1.82, 2.24) is 20.3 Å². The molecule has 0 fully saturated rings. The number of hydrogen-bond acceptors (Lipinski definition) is 6. The summed E-state index contributed by atoms with van der Waals surface area (Å²) < 4.78 is 0. The standard InChI is InChI=1S/C8H13ClN6O/c1-3-11-7-13-6(9)14-8(15-7)12-4-5(16)10-2/h3-4H2,1-2H3,(H,10,16)(H2,11,12,13,14,15). The highest BCUT2D eigenvalue weighted by Crippen LogP contribution is 2.08. The minimum atomic E-state index is -0.165. The van der Waals surface area contributed by atoms with Gasteiger partial charge >= 0.3 is 0 Å². The van der Waals surface area contributed by atoms with Gasteiger partial charge in [-0.2, -0.15) is 15.0 Å². The van der Waals surface area contributed by atoms with Crippen LogP contribution in [0.1, 0.15) is 6.92 Å². The topological polar surface area (TPSA) is 91.8 Å². The van der Waals surface area contributed by atoms with E-state index in [9.17, 15) is 4.79 Å². The Bertz CT molecular complexity index is 372. The third-order valence-corrected chi connectivity index (χ3v) is 1.80. The molecule has 8 heteroatoms.